The Morgan fingerprint density at radius 1 is 0.903 bits per heavy atom. The van der Waals surface area contributed by atoms with E-state index in [0.29, 0.717) is 17.9 Å². The first-order valence-electron chi connectivity index (χ1n) is 11.0. The van der Waals surface area contributed by atoms with Crippen molar-refractivity contribution >= 4 is 0 Å². The van der Waals surface area contributed by atoms with Crippen LogP contribution in [0, 0.1) is 18.2 Å². The summed E-state index contributed by atoms with van der Waals surface area (Å²) in [5.74, 6) is -0.564. The van der Waals surface area contributed by atoms with Gasteiger partial charge in [0.05, 0.1) is 5.69 Å². The molecule has 31 heavy (non-hydrogen) atoms. The maximum absolute atomic E-state index is 13.4. The summed E-state index contributed by atoms with van der Waals surface area (Å²) in [6.07, 6.45) is 11.3. The first-order valence-corrected chi connectivity index (χ1v) is 11.0. The van der Waals surface area contributed by atoms with Gasteiger partial charge in [-0.15, -0.1) is 0 Å². The molecule has 0 radical (unpaired) electrons. The summed E-state index contributed by atoms with van der Waals surface area (Å²) in [4.78, 5) is 11.5. The van der Waals surface area contributed by atoms with Crippen molar-refractivity contribution < 1.29 is 13.5 Å². The molecule has 166 valence electrons. The van der Waals surface area contributed by atoms with Gasteiger partial charge < -0.3 is 15.3 Å². The van der Waals surface area contributed by atoms with Crippen molar-refractivity contribution in [1.82, 2.24) is 9.97 Å². The zero-order valence-electron chi connectivity index (χ0n) is 17.8. The van der Waals surface area contributed by atoms with Gasteiger partial charge in [0, 0.05) is 50.4 Å². The Hall–Kier alpha value is -2.43. The first-order chi connectivity index (χ1) is 15.1. The summed E-state index contributed by atoms with van der Waals surface area (Å²) in [5, 5.41) is 0. The number of hydrogen-bond acceptors (Lipinski definition) is 4. The highest BCUT2D eigenvalue weighted by Gasteiger charge is 2.48. The summed E-state index contributed by atoms with van der Waals surface area (Å²) < 4.78 is 31.6. The predicted molar refractivity (Wildman–Crippen MR) is 115 cm³/mol. The minimum absolute atomic E-state index is 0.161. The Balaban J connectivity index is 0.000000144. The van der Waals surface area contributed by atoms with Crippen LogP contribution in [-0.4, -0.2) is 29.7 Å². The summed E-state index contributed by atoms with van der Waals surface area (Å²) in [7, 11) is 0. The van der Waals surface area contributed by atoms with Crippen molar-refractivity contribution in [2.45, 2.75) is 62.3 Å². The molecule has 3 aliphatic rings. The molecule has 0 unspecified atom stereocenters. The summed E-state index contributed by atoms with van der Waals surface area (Å²) in [5.41, 5.74) is 5.74. The van der Waals surface area contributed by atoms with Crippen LogP contribution in [0.1, 0.15) is 62.8 Å². The smallest absolute Gasteiger partial charge is 0.276 e. The van der Waals surface area contributed by atoms with Crippen LogP contribution in [0.3, 0.4) is 0 Å². The summed E-state index contributed by atoms with van der Waals surface area (Å²) >= 11 is 0. The number of ether oxygens (including phenoxy) is 1. The van der Waals surface area contributed by atoms with Gasteiger partial charge in [-0.3, -0.25) is 4.98 Å². The first kappa shape index (κ1) is 23.2. The maximum atomic E-state index is 13.4. The van der Waals surface area contributed by atoms with E-state index in [1.54, 1.807) is 24.5 Å². The van der Waals surface area contributed by atoms with E-state index in [9.17, 15) is 8.78 Å². The van der Waals surface area contributed by atoms with Crippen molar-refractivity contribution in [2.24, 2.45) is 5.73 Å². The molecule has 5 rings (SSSR count). The highest BCUT2D eigenvalue weighted by Crippen LogP contribution is 2.45. The van der Waals surface area contributed by atoms with Crippen LogP contribution in [0.15, 0.2) is 36.7 Å². The average Bonchev–Trinajstić information content (AvgIpc) is 3.31. The van der Waals surface area contributed by atoms with Gasteiger partial charge in [0.1, 0.15) is 5.82 Å². The van der Waals surface area contributed by atoms with Gasteiger partial charge in [-0.05, 0) is 56.4 Å². The van der Waals surface area contributed by atoms with E-state index in [1.807, 2.05) is 0 Å². The Bertz CT molecular complexity index is 874. The average molecular weight is 429 g/mol. The van der Waals surface area contributed by atoms with Crippen molar-refractivity contribution in [3.63, 3.8) is 0 Å². The number of pyridine rings is 2. The van der Waals surface area contributed by atoms with Crippen LogP contribution < -0.4 is 5.73 Å². The van der Waals surface area contributed by atoms with Gasteiger partial charge in [0.25, 0.3) is 5.54 Å². The second-order valence-corrected chi connectivity index (χ2v) is 8.32. The van der Waals surface area contributed by atoms with E-state index < -0.39 is 5.54 Å². The number of nitrogens with two attached hydrogens (primary N) is 1. The van der Waals surface area contributed by atoms with Crippen molar-refractivity contribution in [3.8, 4) is 0 Å². The molecule has 2 aromatic rings. The fourth-order valence-corrected chi connectivity index (χ4v) is 4.07. The zero-order chi connectivity index (χ0) is 22.2. The molecule has 2 aromatic heterocycles. The molecule has 0 spiro atoms. The van der Waals surface area contributed by atoms with Crippen LogP contribution in [-0.2, 0) is 15.7 Å². The van der Waals surface area contributed by atoms with Gasteiger partial charge in [-0.2, -0.15) is 0 Å². The van der Waals surface area contributed by atoms with Crippen molar-refractivity contribution in [1.29, 1.82) is 0 Å². The van der Waals surface area contributed by atoms with E-state index in [1.165, 1.54) is 25.0 Å². The quantitative estimate of drug-likeness (QED) is 0.705. The van der Waals surface area contributed by atoms with E-state index in [-0.39, 0.29) is 17.0 Å². The third kappa shape index (κ3) is 5.25. The molecule has 1 saturated heterocycles. The minimum Gasteiger partial charge on any atom is -0.381 e. The fraction of sp³-hybridized carbons (Fsp3) is 0.542. The lowest BCUT2D eigenvalue weighted by molar-refractivity contribution is 0.198. The van der Waals surface area contributed by atoms with Crippen LogP contribution in [0.2, 0.25) is 0 Å². The Morgan fingerprint density at radius 3 is 1.77 bits per heavy atom. The van der Waals surface area contributed by atoms with Gasteiger partial charge in [-0.1, -0.05) is 6.42 Å². The van der Waals surface area contributed by atoms with Gasteiger partial charge in [0.2, 0.25) is 0 Å². The molecule has 0 bridgehead atoms. The van der Waals surface area contributed by atoms with E-state index in [2.05, 4.69) is 14.8 Å². The second kappa shape index (κ2) is 10.7. The highest BCUT2D eigenvalue weighted by atomic mass is 19.1. The van der Waals surface area contributed by atoms with Crippen LogP contribution in [0.4, 0.5) is 8.78 Å². The molecule has 2 aliphatic carbocycles. The zero-order valence-corrected chi connectivity index (χ0v) is 17.8. The third-order valence-corrected chi connectivity index (χ3v) is 6.38. The molecule has 0 aromatic carbocycles. The molecule has 0 atom stereocenters. The molecule has 5 nitrogen and oxygen atoms in total. The second-order valence-electron chi connectivity index (χ2n) is 8.32. The molecular formula is C24H30F2N4O. The molecule has 2 saturated carbocycles. The molecule has 2 N–H and O–H groups in total. The number of rotatable bonds is 3. The normalized spacial score (nSPS) is 19.9. The number of hydrogen-bond donors (Lipinski definition) is 1. The highest BCUT2D eigenvalue weighted by molar-refractivity contribution is 5.25. The minimum atomic E-state index is -0.647. The monoisotopic (exact) mass is 428 g/mol. The number of halogens is 2. The number of aromatic nitrogens is 2. The summed E-state index contributed by atoms with van der Waals surface area (Å²) in [6, 6.07) is 5.99. The largest absolute Gasteiger partial charge is 0.381 e. The van der Waals surface area contributed by atoms with E-state index in [0.717, 1.165) is 51.7 Å². The van der Waals surface area contributed by atoms with E-state index in [4.69, 9.17) is 17.0 Å². The molecule has 1 aliphatic heterocycles. The Labute approximate surface area is 182 Å². The predicted octanol–water partition coefficient (Wildman–Crippen LogP) is 4.92. The van der Waals surface area contributed by atoms with Crippen LogP contribution in [0.5, 0.6) is 0 Å². The van der Waals surface area contributed by atoms with Crippen molar-refractivity contribution in [3.05, 3.63) is 71.1 Å². The summed E-state index contributed by atoms with van der Waals surface area (Å²) in [6.45, 7) is 9.56. The number of nitrogens with zero attached hydrogens (tertiary/aromatic N) is 3. The Kier molecular flexibility index (Phi) is 8.05. The lowest BCUT2D eigenvalue weighted by atomic mass is 9.66. The van der Waals surface area contributed by atoms with E-state index >= 15 is 0 Å². The topological polar surface area (TPSA) is 65.4 Å². The van der Waals surface area contributed by atoms with Crippen LogP contribution >= 0.6 is 0 Å². The lowest BCUT2D eigenvalue weighted by Crippen LogP contribution is -2.43. The third-order valence-electron chi connectivity index (χ3n) is 6.38. The molecule has 3 heterocycles. The van der Waals surface area contributed by atoms with Gasteiger partial charge in [0.15, 0.2) is 11.5 Å². The lowest BCUT2D eigenvalue weighted by Gasteiger charge is -2.40. The standard InChI is InChI=1S/C10H9FN2.C10H13FN2.C4H8O/c1-12-10(5-3-6-10)9-8(11)4-2-7-13-9;11-8-3-1-6-13-9(8)10(7-12)4-2-5-10;1-2-4-5-3-1/h2,4,7H,3,5-6H2;1,3,6H,2,4-5,7,12H2;1-4H2. The molecule has 7 heteroatoms. The van der Waals surface area contributed by atoms with Crippen LogP contribution in [0.25, 0.3) is 4.85 Å². The Morgan fingerprint density at radius 2 is 1.45 bits per heavy atom. The van der Waals surface area contributed by atoms with Gasteiger partial charge in [-0.25, -0.2) is 20.3 Å². The maximum Gasteiger partial charge on any atom is 0.276 e. The molecule has 3 fully saturated rings. The molecule has 0 amide bonds. The van der Waals surface area contributed by atoms with Crippen molar-refractivity contribution in [2.75, 3.05) is 19.8 Å². The fourth-order valence-electron chi connectivity index (χ4n) is 4.07. The molecular weight excluding hydrogens is 398 g/mol. The van der Waals surface area contributed by atoms with Gasteiger partial charge >= 0.3 is 0 Å². The SMILES string of the molecule is C1CCOC1.NCC1(c2ncccc2F)CCC1.[C-]#[N+]C1(c2ncccc2F)CCC1.